The van der Waals surface area contributed by atoms with Gasteiger partial charge >= 0.3 is 0 Å². The van der Waals surface area contributed by atoms with Crippen LogP contribution in [-0.4, -0.2) is 12.9 Å². The monoisotopic (exact) mass is 228 g/mol. The second-order valence-corrected chi connectivity index (χ2v) is 3.70. The fourth-order valence-corrected chi connectivity index (χ4v) is 1.65. The number of methoxy groups -OCH3 is 1. The molecule has 80 valence electrons. The van der Waals surface area contributed by atoms with Crippen LogP contribution in [0, 0.1) is 11.8 Å². The van der Waals surface area contributed by atoms with Crippen LogP contribution >= 0.6 is 12.6 Å². The van der Waals surface area contributed by atoms with Crippen molar-refractivity contribution in [2.24, 2.45) is 0 Å². The summed E-state index contributed by atoms with van der Waals surface area (Å²) < 4.78 is 5.18. The molecule has 1 nitrogen and oxygen atoms in total. The summed E-state index contributed by atoms with van der Waals surface area (Å²) in [5.41, 5.74) is 1.02. The fourth-order valence-electron chi connectivity index (χ4n) is 1.57. The summed E-state index contributed by atoms with van der Waals surface area (Å²) in [6, 6.07) is 12.2. The molecule has 0 amide bonds. The minimum Gasteiger partial charge on any atom is -0.497 e. The van der Waals surface area contributed by atoms with Gasteiger partial charge in [0.15, 0.2) is 0 Å². The van der Waals surface area contributed by atoms with Crippen LogP contribution in [0.2, 0.25) is 0 Å². The molecule has 0 aromatic heterocycles. The Bertz CT molecular complexity index is 564. The lowest BCUT2D eigenvalue weighted by molar-refractivity contribution is 0.415. The van der Waals surface area contributed by atoms with Gasteiger partial charge in [0.05, 0.1) is 12.9 Å². The zero-order chi connectivity index (χ0) is 11.4. The van der Waals surface area contributed by atoms with Crippen LogP contribution in [-0.2, 0) is 0 Å². The van der Waals surface area contributed by atoms with Crippen molar-refractivity contribution in [1.82, 2.24) is 0 Å². The Morgan fingerprint density at radius 3 is 2.62 bits per heavy atom. The van der Waals surface area contributed by atoms with Crippen molar-refractivity contribution in [2.45, 2.75) is 0 Å². The minimum atomic E-state index is 0.584. The summed E-state index contributed by atoms with van der Waals surface area (Å²) >= 11 is 4.06. The van der Waals surface area contributed by atoms with Crippen LogP contribution in [0.25, 0.3) is 10.8 Å². The first kappa shape index (κ1) is 10.9. The summed E-state index contributed by atoms with van der Waals surface area (Å²) in [5.74, 6) is 7.46. The third kappa shape index (κ3) is 2.32. The number of ether oxygens (including phenoxy) is 1. The molecule has 0 aliphatic carbocycles. The Balaban J connectivity index is 2.47. The summed E-state index contributed by atoms with van der Waals surface area (Å²) in [7, 11) is 1.67. The molecule has 2 aromatic rings. The number of hydrogen-bond acceptors (Lipinski definition) is 2. The van der Waals surface area contributed by atoms with E-state index in [0.29, 0.717) is 5.75 Å². The maximum atomic E-state index is 5.18. The lowest BCUT2D eigenvalue weighted by Crippen LogP contribution is -1.83. The molecule has 0 saturated carbocycles. The molecule has 0 aliphatic rings. The standard InChI is InChI=1S/C14H12OS/c1-15-14-7-6-12-9-11(3-2-8-16)4-5-13(12)10-14/h4-7,9-10,16H,8H2,1H3. The van der Waals surface area contributed by atoms with Crippen molar-refractivity contribution in [3.05, 3.63) is 42.0 Å². The molecule has 0 N–H and O–H groups in total. The molecule has 2 heteroatoms. The van der Waals surface area contributed by atoms with Gasteiger partial charge in [0.2, 0.25) is 0 Å². The van der Waals surface area contributed by atoms with Gasteiger partial charge in [-0.05, 0) is 35.0 Å². The predicted molar refractivity (Wildman–Crippen MR) is 71.2 cm³/mol. The molecule has 0 bridgehead atoms. The molecule has 0 spiro atoms. The van der Waals surface area contributed by atoms with Gasteiger partial charge in [-0.1, -0.05) is 24.0 Å². The highest BCUT2D eigenvalue weighted by atomic mass is 32.1. The van der Waals surface area contributed by atoms with Crippen molar-refractivity contribution in [3.8, 4) is 17.6 Å². The van der Waals surface area contributed by atoms with E-state index in [0.717, 1.165) is 16.7 Å². The van der Waals surface area contributed by atoms with E-state index in [-0.39, 0.29) is 0 Å². The van der Waals surface area contributed by atoms with Crippen molar-refractivity contribution in [3.63, 3.8) is 0 Å². The van der Waals surface area contributed by atoms with Crippen LogP contribution in [0.1, 0.15) is 5.56 Å². The molecule has 2 aromatic carbocycles. The number of benzene rings is 2. The van der Waals surface area contributed by atoms with E-state index in [9.17, 15) is 0 Å². The van der Waals surface area contributed by atoms with Gasteiger partial charge in [-0.3, -0.25) is 0 Å². The summed E-state index contributed by atoms with van der Waals surface area (Å²) in [4.78, 5) is 0. The topological polar surface area (TPSA) is 9.23 Å². The average Bonchev–Trinajstić information content (AvgIpc) is 2.35. The van der Waals surface area contributed by atoms with E-state index < -0.39 is 0 Å². The molecule has 16 heavy (non-hydrogen) atoms. The second kappa shape index (κ2) is 4.96. The van der Waals surface area contributed by atoms with E-state index >= 15 is 0 Å². The highest BCUT2D eigenvalue weighted by Gasteiger charge is 1.96. The predicted octanol–water partition coefficient (Wildman–Crippen LogP) is 3.13. The lowest BCUT2D eigenvalue weighted by atomic mass is 10.1. The Labute approximate surface area is 101 Å². The van der Waals surface area contributed by atoms with Crippen molar-refractivity contribution in [1.29, 1.82) is 0 Å². The van der Waals surface area contributed by atoms with Crippen LogP contribution in [0.4, 0.5) is 0 Å². The van der Waals surface area contributed by atoms with Crippen LogP contribution in [0.5, 0.6) is 5.75 Å². The zero-order valence-corrected chi connectivity index (χ0v) is 9.92. The summed E-state index contributed by atoms with van der Waals surface area (Å²) in [5, 5.41) is 2.34. The number of hydrogen-bond donors (Lipinski definition) is 1. The smallest absolute Gasteiger partial charge is 0.119 e. The Kier molecular flexibility index (Phi) is 3.38. The van der Waals surface area contributed by atoms with E-state index in [1.807, 2.05) is 24.3 Å². The molecule has 0 radical (unpaired) electrons. The number of thiol groups is 1. The SMILES string of the molecule is COc1ccc2cc(C#CCS)ccc2c1. The molecule has 0 fully saturated rings. The van der Waals surface area contributed by atoms with Gasteiger partial charge in [0.25, 0.3) is 0 Å². The highest BCUT2D eigenvalue weighted by molar-refractivity contribution is 7.80. The third-order valence-corrected chi connectivity index (χ3v) is 2.52. The van der Waals surface area contributed by atoms with Crippen molar-refractivity contribution in [2.75, 3.05) is 12.9 Å². The Morgan fingerprint density at radius 2 is 1.88 bits per heavy atom. The molecule has 0 unspecified atom stereocenters. The molecule has 0 atom stereocenters. The molecular weight excluding hydrogens is 216 g/mol. The summed E-state index contributed by atoms with van der Waals surface area (Å²) in [6.07, 6.45) is 0. The molecule has 2 rings (SSSR count). The van der Waals surface area contributed by atoms with Crippen LogP contribution in [0.15, 0.2) is 36.4 Å². The number of rotatable bonds is 1. The van der Waals surface area contributed by atoms with Crippen molar-refractivity contribution < 1.29 is 4.74 Å². The van der Waals surface area contributed by atoms with E-state index in [1.165, 1.54) is 5.39 Å². The van der Waals surface area contributed by atoms with E-state index in [4.69, 9.17) is 4.74 Å². The molecular formula is C14H12OS. The van der Waals surface area contributed by atoms with Gasteiger partial charge in [-0.15, -0.1) is 0 Å². The van der Waals surface area contributed by atoms with Crippen molar-refractivity contribution >= 4 is 23.4 Å². The van der Waals surface area contributed by atoms with Gasteiger partial charge in [0.1, 0.15) is 5.75 Å². The third-order valence-electron chi connectivity index (χ3n) is 2.36. The average molecular weight is 228 g/mol. The first-order valence-electron chi connectivity index (χ1n) is 5.01. The maximum absolute atomic E-state index is 5.18. The lowest BCUT2D eigenvalue weighted by Gasteiger charge is -2.02. The fraction of sp³-hybridized carbons (Fsp3) is 0.143. The van der Waals surface area contributed by atoms with Gasteiger partial charge in [-0.25, -0.2) is 0 Å². The van der Waals surface area contributed by atoms with Gasteiger partial charge < -0.3 is 4.74 Å². The number of fused-ring (bicyclic) bond motifs is 1. The summed E-state index contributed by atoms with van der Waals surface area (Å²) in [6.45, 7) is 0. The van der Waals surface area contributed by atoms with Crippen LogP contribution in [0.3, 0.4) is 0 Å². The highest BCUT2D eigenvalue weighted by Crippen LogP contribution is 2.21. The zero-order valence-electron chi connectivity index (χ0n) is 9.03. The normalized spacial score (nSPS) is 9.62. The van der Waals surface area contributed by atoms with E-state index in [2.05, 4.69) is 36.6 Å². The second-order valence-electron chi connectivity index (χ2n) is 3.39. The quantitative estimate of drug-likeness (QED) is 0.583. The first-order chi connectivity index (χ1) is 7.83. The molecule has 0 heterocycles. The molecule has 0 aliphatic heterocycles. The minimum absolute atomic E-state index is 0.584. The Morgan fingerprint density at radius 1 is 1.12 bits per heavy atom. The van der Waals surface area contributed by atoms with Gasteiger partial charge in [-0.2, -0.15) is 12.6 Å². The molecule has 0 saturated heterocycles. The largest absolute Gasteiger partial charge is 0.497 e. The van der Waals surface area contributed by atoms with Crippen LogP contribution < -0.4 is 4.74 Å². The Hall–Kier alpha value is -1.59. The maximum Gasteiger partial charge on any atom is 0.119 e. The van der Waals surface area contributed by atoms with Gasteiger partial charge in [0, 0.05) is 5.56 Å². The first-order valence-corrected chi connectivity index (χ1v) is 5.64. The van der Waals surface area contributed by atoms with E-state index in [1.54, 1.807) is 7.11 Å².